The van der Waals surface area contributed by atoms with Crippen molar-refractivity contribution in [3.8, 4) is 11.1 Å². The van der Waals surface area contributed by atoms with Gasteiger partial charge in [-0.25, -0.2) is 4.98 Å². The number of imide groups is 1. The Hall–Kier alpha value is -3.97. The van der Waals surface area contributed by atoms with Crippen molar-refractivity contribution in [2.24, 2.45) is 0 Å². The van der Waals surface area contributed by atoms with Gasteiger partial charge < -0.3 is 14.2 Å². The highest BCUT2D eigenvalue weighted by atomic mass is 16.3. The van der Waals surface area contributed by atoms with Crippen LogP contribution in [0, 0.1) is 0 Å². The van der Waals surface area contributed by atoms with Gasteiger partial charge in [0.05, 0.1) is 12.5 Å². The van der Waals surface area contributed by atoms with Crippen LogP contribution in [0.15, 0.2) is 71.7 Å². The summed E-state index contributed by atoms with van der Waals surface area (Å²) < 4.78 is 5.16. The van der Waals surface area contributed by atoms with Crippen molar-refractivity contribution >= 4 is 29.3 Å². The lowest BCUT2D eigenvalue weighted by molar-refractivity contribution is -0.114. The van der Waals surface area contributed by atoms with Crippen LogP contribution in [-0.4, -0.2) is 54.9 Å². The number of fused-ring (bicyclic) bond motifs is 1. The van der Waals surface area contributed by atoms with Crippen LogP contribution < -0.4 is 10.2 Å². The fourth-order valence-electron chi connectivity index (χ4n) is 4.07. The largest absolute Gasteiger partial charge is 0.472 e. The van der Waals surface area contributed by atoms with Gasteiger partial charge in [0.25, 0.3) is 11.8 Å². The third kappa shape index (κ3) is 4.36. The van der Waals surface area contributed by atoms with Crippen molar-refractivity contribution < 1.29 is 14.0 Å². The Morgan fingerprint density at radius 3 is 2.55 bits per heavy atom. The number of carbonyl (C=O) groups excluding carboxylic acids is 2. The number of hydrogen-bond acceptors (Lipinski definition) is 6. The van der Waals surface area contributed by atoms with Crippen molar-refractivity contribution in [2.75, 3.05) is 38.1 Å². The van der Waals surface area contributed by atoms with E-state index in [0.29, 0.717) is 16.7 Å². The summed E-state index contributed by atoms with van der Waals surface area (Å²) in [7, 11) is 2.13. The average Bonchev–Trinajstić information content (AvgIpc) is 3.37. The molecular weight excluding hydrogens is 416 g/mol. The molecule has 0 saturated carbocycles. The molecule has 0 unspecified atom stereocenters. The van der Waals surface area contributed by atoms with Gasteiger partial charge in [0.2, 0.25) is 0 Å². The normalized spacial score (nSPS) is 18.1. The number of rotatable bonds is 4. The van der Waals surface area contributed by atoms with Crippen molar-refractivity contribution in [3.05, 3.63) is 84.0 Å². The minimum Gasteiger partial charge on any atom is -0.472 e. The molecule has 0 spiro atoms. The van der Waals surface area contributed by atoms with Crippen LogP contribution in [-0.2, 0) is 4.79 Å². The van der Waals surface area contributed by atoms with Crippen LogP contribution in [0.1, 0.15) is 21.5 Å². The number of furan rings is 1. The number of pyridine rings is 1. The first-order valence-electron chi connectivity index (χ1n) is 10.9. The van der Waals surface area contributed by atoms with Crippen LogP contribution >= 0.6 is 0 Å². The smallest absolute Gasteiger partial charge is 0.258 e. The lowest BCUT2D eigenvalue weighted by atomic mass is 9.91. The number of nitrogens with one attached hydrogen (secondary N) is 1. The summed E-state index contributed by atoms with van der Waals surface area (Å²) in [6, 6.07) is 11.3. The molecule has 2 aromatic heterocycles. The highest BCUT2D eigenvalue weighted by Crippen LogP contribution is 2.30. The number of allylic oxidation sites excluding steroid dienone is 2. The Balaban J connectivity index is 1.38. The summed E-state index contributed by atoms with van der Waals surface area (Å²) >= 11 is 0. The molecule has 1 aromatic carbocycles. The molecule has 7 nitrogen and oxygen atoms in total. The number of aromatic nitrogens is 1. The lowest BCUT2D eigenvalue weighted by Crippen LogP contribution is -2.44. The van der Waals surface area contributed by atoms with Gasteiger partial charge in [-0.15, -0.1) is 0 Å². The highest BCUT2D eigenvalue weighted by molar-refractivity contribution is 6.31. The molecule has 1 saturated heterocycles. The van der Waals surface area contributed by atoms with Gasteiger partial charge in [-0.05, 0) is 54.6 Å². The lowest BCUT2D eigenvalue weighted by Gasteiger charge is -2.33. The minimum absolute atomic E-state index is 0.390. The van der Waals surface area contributed by atoms with E-state index in [1.807, 2.05) is 48.7 Å². The van der Waals surface area contributed by atoms with Crippen molar-refractivity contribution in [3.63, 3.8) is 0 Å². The maximum absolute atomic E-state index is 12.6. The van der Waals surface area contributed by atoms with Gasteiger partial charge in [-0.1, -0.05) is 18.2 Å². The number of nitrogens with zero attached hydrogens (tertiary/aromatic N) is 3. The summed E-state index contributed by atoms with van der Waals surface area (Å²) in [4.78, 5) is 34.1. The predicted octanol–water partition coefficient (Wildman–Crippen LogP) is 3.46. The van der Waals surface area contributed by atoms with E-state index in [4.69, 9.17) is 4.42 Å². The van der Waals surface area contributed by atoms with Gasteiger partial charge >= 0.3 is 0 Å². The molecule has 0 radical (unpaired) electrons. The molecular formula is C26H24N4O3. The van der Waals surface area contributed by atoms with Crippen molar-refractivity contribution in [1.82, 2.24) is 15.2 Å². The maximum Gasteiger partial charge on any atom is 0.258 e. The molecule has 1 N–H and O–H groups in total. The molecule has 1 fully saturated rings. The summed E-state index contributed by atoms with van der Waals surface area (Å²) in [5, 5.41) is 2.42. The fourth-order valence-corrected chi connectivity index (χ4v) is 4.07. The topological polar surface area (TPSA) is 78.7 Å². The van der Waals surface area contributed by atoms with E-state index < -0.39 is 11.8 Å². The van der Waals surface area contributed by atoms with E-state index in [-0.39, 0.29) is 0 Å². The second-order valence-corrected chi connectivity index (χ2v) is 8.24. The molecule has 2 aliphatic heterocycles. The molecule has 0 atom stereocenters. The molecule has 0 aliphatic carbocycles. The molecule has 4 heterocycles. The standard InChI is InChI=1S/C26H24N4O3/c1-29-10-12-30(13-11-29)24-8-5-18(16-27-24)3-2-4-21-23-15-19(20-9-14-33-17-20)6-7-22(23)26(32)28-25(21)31/h2-9,14-17H,10-13H2,1H3,(H,28,31,32). The summed E-state index contributed by atoms with van der Waals surface area (Å²) in [6.07, 6.45) is 10.5. The van der Waals surface area contributed by atoms with Gasteiger partial charge in [0.1, 0.15) is 5.82 Å². The number of likely N-dealkylation sites (N-methyl/N-ethyl adjacent to an activating group) is 1. The Labute approximate surface area is 192 Å². The Kier molecular flexibility index (Phi) is 5.62. The number of amides is 2. The molecule has 3 aromatic rings. The third-order valence-corrected chi connectivity index (χ3v) is 6.03. The summed E-state index contributed by atoms with van der Waals surface area (Å²) in [5.41, 5.74) is 4.22. The molecule has 0 bridgehead atoms. The van der Waals surface area contributed by atoms with Crippen LogP contribution in [0.25, 0.3) is 22.8 Å². The molecule has 166 valence electrons. The monoisotopic (exact) mass is 440 g/mol. The predicted molar refractivity (Wildman–Crippen MR) is 128 cm³/mol. The first-order chi connectivity index (χ1) is 16.1. The second kappa shape index (κ2) is 8.88. The van der Waals surface area contributed by atoms with Crippen LogP contribution in [0.2, 0.25) is 0 Å². The second-order valence-electron chi connectivity index (χ2n) is 8.24. The van der Waals surface area contributed by atoms with Crippen LogP contribution in [0.4, 0.5) is 5.82 Å². The molecule has 2 amide bonds. The zero-order chi connectivity index (χ0) is 22.8. The summed E-state index contributed by atoms with van der Waals surface area (Å²) in [5.74, 6) is 0.174. The molecule has 7 heteroatoms. The number of piperazine rings is 1. The van der Waals surface area contributed by atoms with Gasteiger partial charge in [-0.3, -0.25) is 14.9 Å². The van der Waals surface area contributed by atoms with E-state index in [0.717, 1.165) is 48.7 Å². The van der Waals surface area contributed by atoms with Gasteiger partial charge in [-0.2, -0.15) is 0 Å². The minimum atomic E-state index is -0.412. The molecule has 2 aliphatic rings. The van der Waals surface area contributed by atoms with Crippen molar-refractivity contribution in [2.45, 2.75) is 0 Å². The van der Waals surface area contributed by atoms with Gasteiger partial charge in [0.15, 0.2) is 0 Å². The number of benzene rings is 1. The Morgan fingerprint density at radius 1 is 0.970 bits per heavy atom. The number of anilines is 1. The first kappa shape index (κ1) is 20.9. The molecule has 5 rings (SSSR count). The van der Waals surface area contributed by atoms with Crippen molar-refractivity contribution in [1.29, 1.82) is 0 Å². The van der Waals surface area contributed by atoms with E-state index in [2.05, 4.69) is 27.1 Å². The van der Waals surface area contributed by atoms with Crippen LogP contribution in [0.3, 0.4) is 0 Å². The highest BCUT2D eigenvalue weighted by Gasteiger charge is 2.27. The van der Waals surface area contributed by atoms with E-state index in [9.17, 15) is 9.59 Å². The van der Waals surface area contributed by atoms with Gasteiger partial charge in [0, 0.05) is 54.6 Å². The quantitative estimate of drug-likeness (QED) is 0.495. The Bertz CT molecular complexity index is 1240. The van der Waals surface area contributed by atoms with Crippen LogP contribution in [0.5, 0.6) is 0 Å². The van der Waals surface area contributed by atoms with E-state index in [1.165, 1.54) is 0 Å². The zero-order valence-electron chi connectivity index (χ0n) is 18.3. The average molecular weight is 441 g/mol. The Morgan fingerprint density at radius 2 is 1.82 bits per heavy atom. The van der Waals surface area contributed by atoms with E-state index in [1.54, 1.807) is 24.7 Å². The number of carbonyl (C=O) groups is 2. The molecule has 33 heavy (non-hydrogen) atoms. The number of hydrogen-bond donors (Lipinski definition) is 1. The SMILES string of the molecule is CN1CCN(c2ccc(C=CC=C3C(=O)NC(=O)c4ccc(-c5ccoc5)cc43)cn2)CC1. The fraction of sp³-hybridized carbons (Fsp3) is 0.192. The zero-order valence-corrected chi connectivity index (χ0v) is 18.3. The van der Waals surface area contributed by atoms with E-state index >= 15 is 0 Å². The maximum atomic E-state index is 12.6. The summed E-state index contributed by atoms with van der Waals surface area (Å²) in [6.45, 7) is 4.01. The third-order valence-electron chi connectivity index (χ3n) is 6.03. The first-order valence-corrected chi connectivity index (χ1v) is 10.9.